The molecule has 2 aromatic rings. The molecule has 0 radical (unpaired) electrons. The molecule has 96 valence electrons. The van der Waals surface area contributed by atoms with Crippen LogP contribution in [0, 0.1) is 0 Å². The lowest BCUT2D eigenvalue weighted by atomic mass is 10.2. The van der Waals surface area contributed by atoms with Crippen LogP contribution in [0.5, 0.6) is 0 Å². The van der Waals surface area contributed by atoms with Crippen LogP contribution in [0.25, 0.3) is 10.9 Å². The van der Waals surface area contributed by atoms with Gasteiger partial charge < -0.3 is 5.11 Å². The molecule has 0 aliphatic carbocycles. The zero-order valence-electron chi connectivity index (χ0n) is 8.89. The van der Waals surface area contributed by atoms with E-state index in [1.54, 1.807) is 12.1 Å². The minimum atomic E-state index is -4.67. The average Bonchev–Trinajstić information content (AvgIpc) is 2.26. The van der Waals surface area contributed by atoms with Crippen LogP contribution in [0.15, 0.2) is 36.4 Å². The number of benzene rings is 1. The fraction of sp³-hybridized carbons (Fsp3) is 0. The molecule has 0 aliphatic rings. The maximum absolute atomic E-state index is 10.6. The number of aromatic nitrogens is 1. The number of fused-ring (bicyclic) bond motifs is 1. The number of pyridine rings is 1. The van der Waals surface area contributed by atoms with Gasteiger partial charge in [0, 0.05) is 5.39 Å². The Kier molecular flexibility index (Phi) is 4.32. The molecule has 2 rings (SSSR count). The molecule has 1 aromatic carbocycles. The maximum atomic E-state index is 10.6. The number of hydrogen-bond acceptors (Lipinski definition) is 4. The second-order valence-electron chi connectivity index (χ2n) is 3.14. The van der Waals surface area contributed by atoms with Crippen molar-refractivity contribution < 1.29 is 27.4 Å². The van der Waals surface area contributed by atoms with E-state index in [0.29, 0.717) is 5.52 Å². The molecular formula is C10H9NO6S. The van der Waals surface area contributed by atoms with E-state index in [4.69, 9.17) is 22.6 Å². The van der Waals surface area contributed by atoms with Gasteiger partial charge in [-0.25, -0.2) is 9.78 Å². The van der Waals surface area contributed by atoms with E-state index in [0.717, 1.165) is 5.39 Å². The summed E-state index contributed by atoms with van der Waals surface area (Å²) in [4.78, 5) is 14.6. The van der Waals surface area contributed by atoms with Gasteiger partial charge in [0.25, 0.3) is 0 Å². The Morgan fingerprint density at radius 2 is 1.61 bits per heavy atom. The molecular weight excluding hydrogens is 262 g/mol. The molecule has 0 aliphatic heterocycles. The van der Waals surface area contributed by atoms with Crippen molar-refractivity contribution in [3.8, 4) is 0 Å². The SMILES string of the molecule is O=C(O)c1ccc2ccccc2n1.O=S(=O)(O)O. The number of aromatic carboxylic acids is 1. The van der Waals surface area contributed by atoms with Gasteiger partial charge in [0.1, 0.15) is 5.69 Å². The third-order valence-electron chi connectivity index (χ3n) is 1.82. The molecule has 1 aromatic heterocycles. The van der Waals surface area contributed by atoms with E-state index < -0.39 is 16.4 Å². The first kappa shape index (κ1) is 14.0. The Bertz CT molecular complexity index is 659. The Morgan fingerprint density at radius 1 is 1.06 bits per heavy atom. The minimum absolute atomic E-state index is 0.0821. The molecule has 0 bridgehead atoms. The normalized spacial score (nSPS) is 10.6. The molecule has 3 N–H and O–H groups in total. The molecule has 7 nitrogen and oxygen atoms in total. The number of hydrogen-bond donors (Lipinski definition) is 3. The topological polar surface area (TPSA) is 125 Å². The highest BCUT2D eigenvalue weighted by Gasteiger charge is 2.03. The van der Waals surface area contributed by atoms with Gasteiger partial charge in [-0.05, 0) is 12.1 Å². The van der Waals surface area contributed by atoms with Crippen molar-refractivity contribution >= 4 is 27.3 Å². The van der Waals surface area contributed by atoms with Crippen LogP contribution in [0.1, 0.15) is 10.5 Å². The number of carboxylic acid groups (broad SMARTS) is 1. The quantitative estimate of drug-likeness (QED) is 0.667. The Hall–Kier alpha value is -2.03. The zero-order chi connectivity index (χ0) is 13.8. The lowest BCUT2D eigenvalue weighted by Crippen LogP contribution is -1.99. The fourth-order valence-corrected chi connectivity index (χ4v) is 1.19. The van der Waals surface area contributed by atoms with Crippen molar-refractivity contribution in [1.82, 2.24) is 4.98 Å². The van der Waals surface area contributed by atoms with Crippen LogP contribution in [-0.4, -0.2) is 33.6 Å². The molecule has 8 heteroatoms. The van der Waals surface area contributed by atoms with E-state index in [1.165, 1.54) is 6.07 Å². The average molecular weight is 271 g/mol. The lowest BCUT2D eigenvalue weighted by Gasteiger charge is -1.97. The largest absolute Gasteiger partial charge is 0.477 e. The second kappa shape index (κ2) is 5.54. The van der Waals surface area contributed by atoms with Crippen molar-refractivity contribution in [3.63, 3.8) is 0 Å². The van der Waals surface area contributed by atoms with Gasteiger partial charge >= 0.3 is 16.4 Å². The van der Waals surface area contributed by atoms with Gasteiger partial charge in [0.05, 0.1) is 5.52 Å². The second-order valence-corrected chi connectivity index (χ2v) is 4.04. The molecule has 0 atom stereocenters. The summed E-state index contributed by atoms with van der Waals surface area (Å²) in [5, 5.41) is 9.63. The highest BCUT2D eigenvalue weighted by molar-refractivity contribution is 7.79. The summed E-state index contributed by atoms with van der Waals surface area (Å²) in [6, 6.07) is 10.7. The minimum Gasteiger partial charge on any atom is -0.477 e. The monoisotopic (exact) mass is 271 g/mol. The predicted octanol–water partition coefficient (Wildman–Crippen LogP) is 1.28. The summed E-state index contributed by atoms with van der Waals surface area (Å²) < 4.78 is 31.6. The predicted molar refractivity (Wildman–Crippen MR) is 62.9 cm³/mol. The summed E-state index contributed by atoms with van der Waals surface area (Å²) in [6.07, 6.45) is 0. The first-order chi connectivity index (χ1) is 8.27. The first-order valence-corrected chi connectivity index (χ1v) is 5.96. The molecule has 18 heavy (non-hydrogen) atoms. The Morgan fingerprint density at radius 3 is 2.17 bits per heavy atom. The Balaban J connectivity index is 0.000000280. The molecule has 0 spiro atoms. The van der Waals surface area contributed by atoms with Crippen molar-refractivity contribution in [2.75, 3.05) is 0 Å². The number of para-hydroxylation sites is 1. The van der Waals surface area contributed by atoms with Crippen molar-refractivity contribution in [2.45, 2.75) is 0 Å². The lowest BCUT2D eigenvalue weighted by molar-refractivity contribution is 0.0691. The van der Waals surface area contributed by atoms with Crippen LogP contribution >= 0.6 is 0 Å². The van der Waals surface area contributed by atoms with Crippen molar-refractivity contribution in [3.05, 3.63) is 42.1 Å². The molecule has 0 amide bonds. The highest BCUT2D eigenvalue weighted by atomic mass is 32.3. The van der Waals surface area contributed by atoms with Gasteiger partial charge in [0.15, 0.2) is 0 Å². The van der Waals surface area contributed by atoms with Gasteiger partial charge in [0.2, 0.25) is 0 Å². The number of carbonyl (C=O) groups is 1. The third kappa shape index (κ3) is 4.87. The van der Waals surface area contributed by atoms with Gasteiger partial charge in [-0.2, -0.15) is 8.42 Å². The highest BCUT2D eigenvalue weighted by Crippen LogP contribution is 2.11. The number of rotatable bonds is 1. The van der Waals surface area contributed by atoms with E-state index in [-0.39, 0.29) is 5.69 Å². The van der Waals surface area contributed by atoms with Crippen LogP contribution in [0.3, 0.4) is 0 Å². The first-order valence-electron chi connectivity index (χ1n) is 4.56. The number of carboxylic acids is 1. The van der Waals surface area contributed by atoms with Crippen LogP contribution < -0.4 is 0 Å². The smallest absolute Gasteiger partial charge is 0.394 e. The van der Waals surface area contributed by atoms with Crippen LogP contribution in [0.2, 0.25) is 0 Å². The number of nitrogens with zero attached hydrogens (tertiary/aromatic N) is 1. The summed E-state index contributed by atoms with van der Waals surface area (Å²) in [6.45, 7) is 0. The van der Waals surface area contributed by atoms with Crippen LogP contribution in [0.4, 0.5) is 0 Å². The van der Waals surface area contributed by atoms with E-state index in [1.807, 2.05) is 18.2 Å². The van der Waals surface area contributed by atoms with Gasteiger partial charge in [-0.15, -0.1) is 0 Å². The van der Waals surface area contributed by atoms with E-state index in [2.05, 4.69) is 4.98 Å². The molecule has 0 saturated carbocycles. The molecule has 0 fully saturated rings. The van der Waals surface area contributed by atoms with E-state index in [9.17, 15) is 4.79 Å². The summed E-state index contributed by atoms with van der Waals surface area (Å²) >= 11 is 0. The standard InChI is InChI=1S/C10H7NO2.H2O4S/c12-10(13)9-6-5-7-3-1-2-4-8(7)11-9;1-5(2,3)4/h1-6H,(H,12,13);(H2,1,2,3,4). The molecule has 0 saturated heterocycles. The van der Waals surface area contributed by atoms with Crippen molar-refractivity contribution in [2.24, 2.45) is 0 Å². The Labute approximate surface area is 102 Å². The van der Waals surface area contributed by atoms with Crippen LogP contribution in [-0.2, 0) is 10.4 Å². The molecule has 1 heterocycles. The third-order valence-corrected chi connectivity index (χ3v) is 1.82. The maximum Gasteiger partial charge on any atom is 0.394 e. The van der Waals surface area contributed by atoms with Gasteiger partial charge in [-0.1, -0.05) is 24.3 Å². The zero-order valence-corrected chi connectivity index (χ0v) is 9.70. The summed E-state index contributed by atoms with van der Waals surface area (Å²) in [7, 11) is -4.67. The molecule has 0 unspecified atom stereocenters. The van der Waals surface area contributed by atoms with Gasteiger partial charge in [-0.3, -0.25) is 9.11 Å². The summed E-state index contributed by atoms with van der Waals surface area (Å²) in [5.74, 6) is -0.995. The van der Waals surface area contributed by atoms with Crippen molar-refractivity contribution in [1.29, 1.82) is 0 Å². The van der Waals surface area contributed by atoms with E-state index >= 15 is 0 Å². The summed E-state index contributed by atoms with van der Waals surface area (Å²) in [5.41, 5.74) is 0.793. The fourth-order valence-electron chi connectivity index (χ4n) is 1.19.